The Kier molecular flexibility index (Phi) is 9.14. The molecule has 2 aromatic carbocycles. The Morgan fingerprint density at radius 1 is 1.11 bits per heavy atom. The van der Waals surface area contributed by atoms with E-state index in [1.54, 1.807) is 23.1 Å². The number of benzene rings is 2. The van der Waals surface area contributed by atoms with Crippen LogP contribution in [0, 0.1) is 12.8 Å². The summed E-state index contributed by atoms with van der Waals surface area (Å²) in [5, 5.41) is 11.3. The summed E-state index contributed by atoms with van der Waals surface area (Å²) in [6, 6.07) is 12.2. The zero-order valence-corrected chi connectivity index (χ0v) is 22.8. The summed E-state index contributed by atoms with van der Waals surface area (Å²) in [5.41, 5.74) is 2.24. The van der Waals surface area contributed by atoms with Crippen molar-refractivity contribution in [2.45, 2.75) is 40.7 Å². The summed E-state index contributed by atoms with van der Waals surface area (Å²) < 4.78 is 6.75. The second-order valence-corrected chi connectivity index (χ2v) is 10.2. The number of aliphatic hydroxyl groups excluding tert-OH is 1. The Hall–Kier alpha value is -2.64. The molecule has 0 aliphatic carbocycles. The van der Waals surface area contributed by atoms with Crippen molar-refractivity contribution in [1.29, 1.82) is 0 Å². The zero-order chi connectivity index (χ0) is 25.7. The summed E-state index contributed by atoms with van der Waals surface area (Å²) in [6.45, 7) is 13.5. The number of ether oxygens (including phenoxy) is 1. The number of likely N-dealkylation sites (N-methyl/N-ethyl adjacent to an activating group) is 1. The first-order chi connectivity index (χ1) is 16.7. The predicted octanol–water partition coefficient (Wildman–Crippen LogP) is 5.56. The molecule has 1 saturated heterocycles. The van der Waals surface area contributed by atoms with Crippen LogP contribution in [0.2, 0.25) is 0 Å². The lowest BCUT2D eigenvalue weighted by atomic mass is 9.95. The first-order valence-corrected chi connectivity index (χ1v) is 13.0. The third-order valence-electron chi connectivity index (χ3n) is 6.30. The Labute approximate surface area is 216 Å². The predicted molar refractivity (Wildman–Crippen MR) is 142 cm³/mol. The minimum atomic E-state index is -0.659. The Morgan fingerprint density at radius 2 is 1.77 bits per heavy atom. The number of amides is 1. The van der Waals surface area contributed by atoms with Crippen molar-refractivity contribution < 1.29 is 19.4 Å². The highest BCUT2D eigenvalue weighted by Gasteiger charge is 2.46. The molecule has 1 amide bonds. The average molecular weight is 544 g/mol. The van der Waals surface area contributed by atoms with Crippen molar-refractivity contribution in [3.8, 4) is 5.75 Å². The van der Waals surface area contributed by atoms with E-state index in [1.807, 2.05) is 31.2 Å². The molecule has 1 heterocycles. The van der Waals surface area contributed by atoms with Crippen molar-refractivity contribution in [1.82, 2.24) is 9.80 Å². The van der Waals surface area contributed by atoms with Gasteiger partial charge in [-0.15, -0.1) is 0 Å². The summed E-state index contributed by atoms with van der Waals surface area (Å²) in [4.78, 5) is 30.2. The van der Waals surface area contributed by atoms with E-state index in [4.69, 9.17) is 4.74 Å². The van der Waals surface area contributed by atoms with E-state index < -0.39 is 17.7 Å². The number of ketones is 1. The van der Waals surface area contributed by atoms with Gasteiger partial charge in [0, 0.05) is 23.1 Å². The smallest absolute Gasteiger partial charge is 0.295 e. The number of nitrogens with zero attached hydrogens (tertiary/aromatic N) is 2. The summed E-state index contributed by atoms with van der Waals surface area (Å²) >= 11 is 3.45. The molecule has 0 saturated carbocycles. The Balaban J connectivity index is 2.04. The van der Waals surface area contributed by atoms with Crippen LogP contribution in [-0.2, 0) is 9.59 Å². The van der Waals surface area contributed by atoms with E-state index in [1.165, 1.54) is 0 Å². The number of halogens is 1. The number of aryl methyl sites for hydroxylation is 1. The van der Waals surface area contributed by atoms with Gasteiger partial charge in [-0.05, 0) is 67.4 Å². The quantitative estimate of drug-likeness (QED) is 0.242. The molecule has 1 N–H and O–H groups in total. The lowest BCUT2D eigenvalue weighted by Gasteiger charge is -2.28. The van der Waals surface area contributed by atoms with Crippen LogP contribution in [0.5, 0.6) is 5.75 Å². The second-order valence-electron chi connectivity index (χ2n) is 9.26. The van der Waals surface area contributed by atoms with Crippen molar-refractivity contribution in [3.63, 3.8) is 0 Å². The fraction of sp³-hybridized carbons (Fsp3) is 0.429. The monoisotopic (exact) mass is 542 g/mol. The molecule has 2 aromatic rings. The van der Waals surface area contributed by atoms with E-state index in [9.17, 15) is 14.7 Å². The van der Waals surface area contributed by atoms with Crippen LogP contribution in [0.4, 0.5) is 0 Å². The first kappa shape index (κ1) is 27.0. The van der Waals surface area contributed by atoms with Gasteiger partial charge in [-0.1, -0.05) is 55.8 Å². The molecule has 1 fully saturated rings. The van der Waals surface area contributed by atoms with E-state index in [0.717, 1.165) is 34.4 Å². The highest BCUT2D eigenvalue weighted by atomic mass is 79.9. The van der Waals surface area contributed by atoms with E-state index >= 15 is 0 Å². The zero-order valence-electron chi connectivity index (χ0n) is 21.2. The SMILES string of the molecule is CCN(CC)CCN1C(=O)C(=O)C(=C(O)c2ccc(OCC(C)C)c(C)c2)C1c1ccc(Br)cc1. The second kappa shape index (κ2) is 11.9. The van der Waals surface area contributed by atoms with Crippen molar-refractivity contribution >= 4 is 33.4 Å². The maximum absolute atomic E-state index is 13.2. The van der Waals surface area contributed by atoms with Crippen LogP contribution in [0.1, 0.15) is 50.4 Å². The average Bonchev–Trinajstić information content (AvgIpc) is 3.08. The third-order valence-corrected chi connectivity index (χ3v) is 6.83. The van der Waals surface area contributed by atoms with Crippen molar-refractivity contribution in [2.24, 2.45) is 5.92 Å². The van der Waals surface area contributed by atoms with Gasteiger partial charge in [0.1, 0.15) is 11.5 Å². The first-order valence-electron chi connectivity index (χ1n) is 12.2. The minimum Gasteiger partial charge on any atom is -0.507 e. The third kappa shape index (κ3) is 6.14. The molecule has 1 aliphatic rings. The molecule has 7 heteroatoms. The van der Waals surface area contributed by atoms with Gasteiger partial charge in [0.15, 0.2) is 0 Å². The highest BCUT2D eigenvalue weighted by molar-refractivity contribution is 9.10. The van der Waals surface area contributed by atoms with Crippen LogP contribution < -0.4 is 4.74 Å². The molecule has 0 aromatic heterocycles. The van der Waals surface area contributed by atoms with Crippen LogP contribution >= 0.6 is 15.9 Å². The molecule has 6 nitrogen and oxygen atoms in total. The summed E-state index contributed by atoms with van der Waals surface area (Å²) in [7, 11) is 0. The molecule has 3 rings (SSSR count). The summed E-state index contributed by atoms with van der Waals surface area (Å²) in [5.74, 6) is -0.284. The minimum absolute atomic E-state index is 0.118. The van der Waals surface area contributed by atoms with Gasteiger partial charge >= 0.3 is 0 Å². The summed E-state index contributed by atoms with van der Waals surface area (Å²) in [6.07, 6.45) is 0. The number of likely N-dealkylation sites (tertiary alicyclic amines) is 1. The number of carbonyl (C=O) groups excluding carboxylic acids is 2. The molecule has 1 unspecified atom stereocenters. The highest BCUT2D eigenvalue weighted by Crippen LogP contribution is 2.40. The molecule has 35 heavy (non-hydrogen) atoms. The van der Waals surface area contributed by atoms with Gasteiger partial charge in [-0.25, -0.2) is 0 Å². The van der Waals surface area contributed by atoms with E-state index in [0.29, 0.717) is 31.2 Å². The Morgan fingerprint density at radius 3 is 2.34 bits per heavy atom. The maximum Gasteiger partial charge on any atom is 0.295 e. The normalized spacial score (nSPS) is 17.6. The van der Waals surface area contributed by atoms with Crippen LogP contribution in [-0.4, -0.2) is 59.4 Å². The van der Waals surface area contributed by atoms with Gasteiger partial charge in [0.05, 0.1) is 18.2 Å². The van der Waals surface area contributed by atoms with Crippen molar-refractivity contribution in [3.05, 3.63) is 69.2 Å². The van der Waals surface area contributed by atoms with Crippen LogP contribution in [0.3, 0.4) is 0 Å². The van der Waals surface area contributed by atoms with Gasteiger partial charge in [-0.2, -0.15) is 0 Å². The number of aliphatic hydroxyl groups is 1. The standard InChI is InChI=1S/C28H35BrN2O4/c1-6-30(7-2)14-15-31-25(20-8-11-22(29)12-9-20)24(27(33)28(31)34)26(32)21-10-13-23(19(5)16-21)35-17-18(3)4/h8-13,16,18,25,32H,6-7,14-15,17H2,1-5H3. The fourth-order valence-corrected chi connectivity index (χ4v) is 4.53. The molecular weight excluding hydrogens is 508 g/mol. The number of hydrogen-bond acceptors (Lipinski definition) is 5. The number of carbonyl (C=O) groups is 2. The molecular formula is C28H35BrN2O4. The number of hydrogen-bond donors (Lipinski definition) is 1. The molecule has 0 bridgehead atoms. The topological polar surface area (TPSA) is 70.1 Å². The molecule has 0 spiro atoms. The number of Topliss-reactive ketones (excluding diaryl/α,β-unsaturated/α-hetero) is 1. The van der Waals surface area contributed by atoms with Gasteiger partial charge < -0.3 is 19.6 Å². The van der Waals surface area contributed by atoms with Crippen LogP contribution in [0.25, 0.3) is 5.76 Å². The molecule has 0 radical (unpaired) electrons. The maximum atomic E-state index is 13.2. The Bertz CT molecular complexity index is 1090. The van der Waals surface area contributed by atoms with Crippen molar-refractivity contribution in [2.75, 3.05) is 32.8 Å². The lowest BCUT2D eigenvalue weighted by Crippen LogP contribution is -2.38. The molecule has 1 aliphatic heterocycles. The van der Waals surface area contributed by atoms with Gasteiger partial charge in [0.2, 0.25) is 0 Å². The van der Waals surface area contributed by atoms with Crippen LogP contribution in [0.15, 0.2) is 52.5 Å². The number of rotatable bonds is 10. The van der Waals surface area contributed by atoms with Gasteiger partial charge in [-0.3, -0.25) is 9.59 Å². The fourth-order valence-electron chi connectivity index (χ4n) is 4.26. The molecule has 1 atom stereocenters. The van der Waals surface area contributed by atoms with Gasteiger partial charge in [0.25, 0.3) is 11.7 Å². The largest absolute Gasteiger partial charge is 0.507 e. The molecule has 188 valence electrons. The van der Waals surface area contributed by atoms with E-state index in [2.05, 4.69) is 48.5 Å². The van der Waals surface area contributed by atoms with E-state index in [-0.39, 0.29) is 11.3 Å². The lowest BCUT2D eigenvalue weighted by molar-refractivity contribution is -0.140.